The lowest BCUT2D eigenvalue weighted by Gasteiger charge is -2.35. The first-order valence-corrected chi connectivity index (χ1v) is 15.6. The van der Waals surface area contributed by atoms with Crippen LogP contribution in [0.1, 0.15) is 42.1 Å². The number of halogens is 5. The molecule has 1 fully saturated rings. The minimum Gasteiger partial charge on any atom is -0.481 e. The average Bonchev–Trinajstić information content (AvgIpc) is 3.30. The van der Waals surface area contributed by atoms with Crippen molar-refractivity contribution >= 4 is 44.3 Å². The lowest BCUT2D eigenvalue weighted by Crippen LogP contribution is -2.40. The number of nitrogens with zero attached hydrogens (tertiary/aromatic N) is 3. The number of aliphatic carboxylic acids is 1. The molecule has 1 aliphatic carbocycles. The number of fused-ring (bicyclic) bond motifs is 1. The molecule has 3 aromatic carbocycles. The number of imidazole rings is 1. The standard InChI is InChI=1S/C31H29F5N4O5S/c1-16-37-28-24(39(16)2)13-14-25(27(28)33)46(44,45)40(3)19-10-7-17(8-11-19)20-5-4-6-21(26(20)30(42)43)29(41)38-23-12-9-18(15-22(23)32)31(34,35)36/h7-15,20-21,26H,4-6H2,1-3H3,(H,38,41)(H,42,43)/t20-,21-,26-/m1/s1. The smallest absolute Gasteiger partial charge is 0.416 e. The summed E-state index contributed by atoms with van der Waals surface area (Å²) in [5, 5.41) is 12.4. The quantitative estimate of drug-likeness (QED) is 0.226. The molecular formula is C31H29F5N4O5S. The van der Waals surface area contributed by atoms with Gasteiger partial charge in [-0.3, -0.25) is 13.9 Å². The molecule has 0 aliphatic heterocycles. The van der Waals surface area contributed by atoms with E-state index in [1.165, 1.54) is 43.4 Å². The Labute approximate surface area is 260 Å². The fraction of sp³-hybridized carbons (Fsp3) is 0.323. The second-order valence-electron chi connectivity index (χ2n) is 11.2. The predicted molar refractivity (Wildman–Crippen MR) is 159 cm³/mol. The number of nitrogens with one attached hydrogen (secondary N) is 1. The highest BCUT2D eigenvalue weighted by molar-refractivity contribution is 7.92. The third kappa shape index (κ3) is 5.90. The van der Waals surface area contributed by atoms with Crippen LogP contribution in [-0.4, -0.2) is 42.0 Å². The van der Waals surface area contributed by atoms with Gasteiger partial charge >= 0.3 is 12.1 Å². The molecule has 1 saturated carbocycles. The number of carbonyl (C=O) groups is 2. The van der Waals surface area contributed by atoms with E-state index in [0.717, 1.165) is 10.4 Å². The number of carboxylic acid groups (broad SMARTS) is 1. The SMILES string of the molecule is Cc1nc2c(F)c(S(=O)(=O)N(C)c3ccc([C@H]4CCC[C@@H](C(=O)Nc5ccc(C(F)(F)F)cc5F)[C@@H]4C(=O)O)cc3)ccc2n1C. The minimum absolute atomic E-state index is 0.0820. The van der Waals surface area contributed by atoms with Crippen molar-refractivity contribution in [1.82, 2.24) is 9.55 Å². The van der Waals surface area contributed by atoms with Crippen molar-refractivity contribution in [3.05, 3.63) is 83.2 Å². The molecule has 15 heteroatoms. The van der Waals surface area contributed by atoms with Crippen molar-refractivity contribution in [2.75, 3.05) is 16.7 Å². The van der Waals surface area contributed by atoms with E-state index in [1.807, 2.05) is 0 Å². The molecule has 244 valence electrons. The number of alkyl halides is 3. The fourth-order valence-electron chi connectivity index (χ4n) is 5.97. The number of rotatable bonds is 7. The third-order valence-electron chi connectivity index (χ3n) is 8.58. The summed E-state index contributed by atoms with van der Waals surface area (Å²) in [5.41, 5.74) is -0.738. The van der Waals surface area contributed by atoms with E-state index in [2.05, 4.69) is 10.3 Å². The van der Waals surface area contributed by atoms with Gasteiger partial charge in [-0.05, 0) is 73.7 Å². The number of carboxylic acids is 1. The average molecular weight is 665 g/mol. The lowest BCUT2D eigenvalue weighted by atomic mass is 9.69. The highest BCUT2D eigenvalue weighted by atomic mass is 32.2. The third-order valence-corrected chi connectivity index (χ3v) is 10.4. The Kier molecular flexibility index (Phi) is 8.57. The first-order chi connectivity index (χ1) is 21.5. The van der Waals surface area contributed by atoms with E-state index in [-0.39, 0.29) is 23.7 Å². The van der Waals surface area contributed by atoms with Crippen molar-refractivity contribution in [3.8, 4) is 0 Å². The topological polar surface area (TPSA) is 122 Å². The number of amides is 1. The van der Waals surface area contributed by atoms with E-state index in [0.29, 0.717) is 35.8 Å². The largest absolute Gasteiger partial charge is 0.481 e. The van der Waals surface area contributed by atoms with Gasteiger partial charge in [0.05, 0.1) is 34.3 Å². The first kappa shape index (κ1) is 32.9. The van der Waals surface area contributed by atoms with E-state index in [1.54, 1.807) is 18.5 Å². The van der Waals surface area contributed by atoms with Crippen LogP contribution in [0.2, 0.25) is 0 Å². The maximum atomic E-state index is 15.4. The fourth-order valence-corrected chi connectivity index (χ4v) is 7.23. The van der Waals surface area contributed by atoms with E-state index in [4.69, 9.17) is 0 Å². The van der Waals surface area contributed by atoms with Crippen LogP contribution in [0.4, 0.5) is 33.3 Å². The summed E-state index contributed by atoms with van der Waals surface area (Å²) >= 11 is 0. The number of hydrogen-bond donors (Lipinski definition) is 2. The molecule has 0 spiro atoms. The van der Waals surface area contributed by atoms with Crippen molar-refractivity contribution in [2.24, 2.45) is 18.9 Å². The number of anilines is 2. The Bertz CT molecular complexity index is 1940. The molecule has 5 rings (SSSR count). The Morgan fingerprint density at radius 3 is 2.33 bits per heavy atom. The Balaban J connectivity index is 1.37. The van der Waals surface area contributed by atoms with Crippen LogP contribution in [0.5, 0.6) is 0 Å². The zero-order chi connectivity index (χ0) is 33.7. The van der Waals surface area contributed by atoms with E-state index < -0.39 is 73.6 Å². The summed E-state index contributed by atoms with van der Waals surface area (Å²) in [5.74, 6) is -7.03. The summed E-state index contributed by atoms with van der Waals surface area (Å²) < 4.78 is 97.9. The summed E-state index contributed by atoms with van der Waals surface area (Å²) in [6, 6.07) is 10.2. The molecule has 46 heavy (non-hydrogen) atoms. The summed E-state index contributed by atoms with van der Waals surface area (Å²) in [7, 11) is -1.44. The molecule has 4 aromatic rings. The Morgan fingerprint density at radius 1 is 1.04 bits per heavy atom. The molecule has 1 aliphatic rings. The van der Waals surface area contributed by atoms with Crippen LogP contribution in [0.25, 0.3) is 11.0 Å². The van der Waals surface area contributed by atoms with Gasteiger partial charge in [0, 0.05) is 14.1 Å². The zero-order valence-corrected chi connectivity index (χ0v) is 25.6. The van der Waals surface area contributed by atoms with E-state index >= 15 is 4.39 Å². The van der Waals surface area contributed by atoms with Crippen LogP contribution < -0.4 is 9.62 Å². The first-order valence-electron chi connectivity index (χ1n) is 14.1. The minimum atomic E-state index is -4.79. The van der Waals surface area contributed by atoms with Gasteiger partial charge in [0.25, 0.3) is 10.0 Å². The summed E-state index contributed by atoms with van der Waals surface area (Å²) in [6.07, 6.45) is -3.84. The van der Waals surface area contributed by atoms with Crippen LogP contribution >= 0.6 is 0 Å². The second-order valence-corrected chi connectivity index (χ2v) is 13.2. The van der Waals surface area contributed by atoms with Gasteiger partial charge in [-0.2, -0.15) is 13.2 Å². The van der Waals surface area contributed by atoms with Gasteiger partial charge in [-0.1, -0.05) is 18.6 Å². The molecule has 3 atom stereocenters. The number of sulfonamides is 1. The monoisotopic (exact) mass is 664 g/mol. The van der Waals surface area contributed by atoms with Crippen molar-refractivity contribution in [2.45, 2.75) is 43.2 Å². The maximum absolute atomic E-state index is 15.4. The number of aryl methyl sites for hydroxylation is 2. The molecule has 0 unspecified atom stereocenters. The van der Waals surface area contributed by atoms with Crippen molar-refractivity contribution in [3.63, 3.8) is 0 Å². The van der Waals surface area contributed by atoms with Gasteiger partial charge in [0.1, 0.15) is 22.1 Å². The van der Waals surface area contributed by atoms with Gasteiger partial charge in [0.2, 0.25) is 5.91 Å². The number of carbonyl (C=O) groups excluding carboxylic acids is 1. The lowest BCUT2D eigenvalue weighted by molar-refractivity contribution is -0.148. The molecular weight excluding hydrogens is 635 g/mol. The molecule has 9 nitrogen and oxygen atoms in total. The maximum Gasteiger partial charge on any atom is 0.416 e. The molecule has 0 radical (unpaired) electrons. The normalized spacial score (nSPS) is 18.8. The number of benzene rings is 3. The van der Waals surface area contributed by atoms with Gasteiger partial charge in [0.15, 0.2) is 5.82 Å². The molecule has 1 heterocycles. The van der Waals surface area contributed by atoms with Crippen LogP contribution in [0, 0.1) is 30.4 Å². The summed E-state index contributed by atoms with van der Waals surface area (Å²) in [6.45, 7) is 1.66. The van der Waals surface area contributed by atoms with Crippen molar-refractivity contribution in [1.29, 1.82) is 0 Å². The molecule has 0 bridgehead atoms. The number of aromatic nitrogens is 2. The van der Waals surface area contributed by atoms with Crippen molar-refractivity contribution < 1.29 is 45.1 Å². The molecule has 0 saturated heterocycles. The second kappa shape index (κ2) is 12.0. The summed E-state index contributed by atoms with van der Waals surface area (Å²) in [4.78, 5) is 29.1. The molecule has 1 amide bonds. The van der Waals surface area contributed by atoms with E-state index in [9.17, 15) is 40.7 Å². The van der Waals surface area contributed by atoms with Crippen LogP contribution in [-0.2, 0) is 32.8 Å². The molecule has 1 aromatic heterocycles. The van der Waals surface area contributed by atoms with Crippen LogP contribution in [0.15, 0.2) is 59.5 Å². The van der Waals surface area contributed by atoms with Gasteiger partial charge < -0.3 is 15.0 Å². The zero-order valence-electron chi connectivity index (χ0n) is 24.8. The highest BCUT2D eigenvalue weighted by Crippen LogP contribution is 2.43. The Morgan fingerprint density at radius 2 is 1.72 bits per heavy atom. The number of hydrogen-bond acceptors (Lipinski definition) is 5. The Hall–Kier alpha value is -4.53. The van der Waals surface area contributed by atoms with Crippen LogP contribution in [0.3, 0.4) is 0 Å². The highest BCUT2D eigenvalue weighted by Gasteiger charge is 2.43. The van der Waals surface area contributed by atoms with Gasteiger partial charge in [-0.25, -0.2) is 22.2 Å². The predicted octanol–water partition coefficient (Wildman–Crippen LogP) is 6.23. The molecule has 2 N–H and O–H groups in total. The van der Waals surface area contributed by atoms with Gasteiger partial charge in [-0.15, -0.1) is 0 Å².